The second-order valence-corrected chi connectivity index (χ2v) is 3.16. The number of carbonyl (C=O) groups excluding carboxylic acids is 1. The zero-order valence-electron chi connectivity index (χ0n) is 8.28. The Morgan fingerprint density at radius 1 is 1.50 bits per heavy atom. The normalized spacial score (nSPS) is 22.2. The number of alkyl halides is 2. The molecule has 0 aromatic carbocycles. The van der Waals surface area contributed by atoms with E-state index in [4.69, 9.17) is 9.84 Å². The largest absolute Gasteiger partial charge is 0.478 e. The molecule has 1 saturated heterocycles. The maximum atomic E-state index is 12.1. The molecule has 1 fully saturated rings. The van der Waals surface area contributed by atoms with Crippen molar-refractivity contribution in [2.75, 3.05) is 19.7 Å². The molecule has 7 heteroatoms. The van der Waals surface area contributed by atoms with Gasteiger partial charge in [-0.3, -0.25) is 4.79 Å². The number of carboxylic acids is 1. The molecule has 90 valence electrons. The van der Waals surface area contributed by atoms with Gasteiger partial charge in [0.25, 0.3) is 0 Å². The summed E-state index contributed by atoms with van der Waals surface area (Å²) in [5.41, 5.74) is -0.927. The standard InChI is InChI=1S/C9H11F2NO4/c10-8(11)7(13)6(9(14)15)3-5-4-12-1-2-16-5/h3,5,8,12H,1-2,4H2,(H,14,15). The summed E-state index contributed by atoms with van der Waals surface area (Å²) in [4.78, 5) is 21.5. The van der Waals surface area contributed by atoms with Crippen LogP contribution in [0.5, 0.6) is 0 Å². The summed E-state index contributed by atoms with van der Waals surface area (Å²) in [6.45, 7) is 1.25. The molecular formula is C9H11F2NO4. The van der Waals surface area contributed by atoms with Gasteiger partial charge >= 0.3 is 12.4 Å². The van der Waals surface area contributed by atoms with Crippen molar-refractivity contribution in [2.45, 2.75) is 12.5 Å². The first-order valence-electron chi connectivity index (χ1n) is 4.62. The van der Waals surface area contributed by atoms with E-state index in [1.807, 2.05) is 0 Å². The van der Waals surface area contributed by atoms with Gasteiger partial charge in [0.1, 0.15) is 5.57 Å². The van der Waals surface area contributed by atoms with Crippen LogP contribution in [-0.4, -0.2) is 49.1 Å². The van der Waals surface area contributed by atoms with Crippen molar-refractivity contribution >= 4 is 11.8 Å². The van der Waals surface area contributed by atoms with Crippen molar-refractivity contribution in [2.24, 2.45) is 0 Å². The number of ketones is 1. The highest BCUT2D eigenvalue weighted by Crippen LogP contribution is 2.09. The van der Waals surface area contributed by atoms with Crippen molar-refractivity contribution < 1.29 is 28.2 Å². The lowest BCUT2D eigenvalue weighted by molar-refractivity contribution is -0.137. The first-order chi connectivity index (χ1) is 7.52. The fourth-order valence-electron chi connectivity index (χ4n) is 1.26. The summed E-state index contributed by atoms with van der Waals surface area (Å²) in [6.07, 6.45) is -3.07. The molecule has 1 unspecified atom stereocenters. The number of nitrogens with one attached hydrogen (secondary N) is 1. The molecule has 0 saturated carbocycles. The number of aliphatic carboxylic acids is 1. The Labute approximate surface area is 90.1 Å². The molecule has 0 radical (unpaired) electrons. The quantitative estimate of drug-likeness (QED) is 0.401. The Hall–Kier alpha value is -1.34. The van der Waals surface area contributed by atoms with Crippen LogP contribution >= 0.6 is 0 Å². The number of hydrogen-bond acceptors (Lipinski definition) is 4. The van der Waals surface area contributed by atoms with Crippen LogP contribution in [0, 0.1) is 0 Å². The van der Waals surface area contributed by atoms with Crippen molar-refractivity contribution in [1.29, 1.82) is 0 Å². The van der Waals surface area contributed by atoms with Crippen LogP contribution in [0.3, 0.4) is 0 Å². The first-order valence-corrected chi connectivity index (χ1v) is 4.62. The molecule has 2 N–H and O–H groups in total. The molecule has 1 heterocycles. The third-order valence-corrected chi connectivity index (χ3v) is 2.00. The van der Waals surface area contributed by atoms with Gasteiger partial charge in [-0.15, -0.1) is 0 Å². The average molecular weight is 235 g/mol. The summed E-state index contributed by atoms with van der Waals surface area (Å²) in [5.74, 6) is -3.36. The van der Waals surface area contributed by atoms with E-state index < -0.39 is 29.9 Å². The molecule has 0 aromatic heterocycles. The van der Waals surface area contributed by atoms with Crippen molar-refractivity contribution in [3.63, 3.8) is 0 Å². The molecule has 0 aromatic rings. The summed E-state index contributed by atoms with van der Waals surface area (Å²) in [5, 5.41) is 11.5. The lowest BCUT2D eigenvalue weighted by Gasteiger charge is -2.21. The van der Waals surface area contributed by atoms with Gasteiger partial charge in [-0.05, 0) is 6.08 Å². The van der Waals surface area contributed by atoms with Gasteiger partial charge in [0.15, 0.2) is 0 Å². The predicted octanol–water partition coefficient (Wildman–Crippen LogP) is -0.180. The van der Waals surface area contributed by atoms with E-state index in [0.717, 1.165) is 6.08 Å². The minimum Gasteiger partial charge on any atom is -0.478 e. The number of hydrogen-bond donors (Lipinski definition) is 2. The Balaban J connectivity index is 2.79. The monoisotopic (exact) mass is 235 g/mol. The molecule has 0 bridgehead atoms. The number of rotatable bonds is 4. The predicted molar refractivity (Wildman–Crippen MR) is 49.3 cm³/mol. The summed E-state index contributed by atoms with van der Waals surface area (Å²) >= 11 is 0. The molecule has 5 nitrogen and oxygen atoms in total. The number of halogens is 2. The highest BCUT2D eigenvalue weighted by atomic mass is 19.3. The van der Waals surface area contributed by atoms with Crippen molar-refractivity contribution in [3.8, 4) is 0 Å². The van der Waals surface area contributed by atoms with E-state index in [1.54, 1.807) is 0 Å². The van der Waals surface area contributed by atoms with Gasteiger partial charge in [-0.25, -0.2) is 13.6 Å². The van der Waals surface area contributed by atoms with Gasteiger partial charge in [-0.1, -0.05) is 0 Å². The van der Waals surface area contributed by atoms with Gasteiger partial charge in [-0.2, -0.15) is 0 Å². The maximum absolute atomic E-state index is 12.1. The van der Waals surface area contributed by atoms with Crippen LogP contribution in [0.1, 0.15) is 0 Å². The van der Waals surface area contributed by atoms with Crippen molar-refractivity contribution in [3.05, 3.63) is 11.6 Å². The molecule has 1 aliphatic heterocycles. The number of Topliss-reactive ketones (excluding diaryl/α,β-unsaturated/α-hetero) is 1. The van der Waals surface area contributed by atoms with Crippen LogP contribution in [0.25, 0.3) is 0 Å². The zero-order chi connectivity index (χ0) is 12.1. The maximum Gasteiger partial charge on any atom is 0.339 e. The summed E-state index contributed by atoms with van der Waals surface area (Å²) in [6, 6.07) is 0. The highest BCUT2D eigenvalue weighted by Gasteiger charge is 2.27. The van der Waals surface area contributed by atoms with E-state index in [2.05, 4.69) is 5.32 Å². The van der Waals surface area contributed by atoms with E-state index in [0.29, 0.717) is 19.7 Å². The minimum atomic E-state index is -3.32. The SMILES string of the molecule is O=C(O)C(=CC1CNCCO1)C(=O)C(F)F. The molecule has 16 heavy (non-hydrogen) atoms. The third kappa shape index (κ3) is 3.35. The number of carboxylic acid groups (broad SMARTS) is 1. The van der Waals surface area contributed by atoms with Crippen LogP contribution in [0.4, 0.5) is 8.78 Å². The van der Waals surface area contributed by atoms with E-state index in [9.17, 15) is 18.4 Å². The molecule has 1 rings (SSSR count). The summed E-state index contributed by atoms with van der Waals surface area (Å²) in [7, 11) is 0. The van der Waals surface area contributed by atoms with Gasteiger partial charge < -0.3 is 15.2 Å². The smallest absolute Gasteiger partial charge is 0.339 e. The lowest BCUT2D eigenvalue weighted by Crippen LogP contribution is -2.38. The molecule has 0 spiro atoms. The second-order valence-electron chi connectivity index (χ2n) is 3.16. The lowest BCUT2D eigenvalue weighted by atomic mass is 10.1. The Kier molecular flexibility index (Phi) is 4.51. The Morgan fingerprint density at radius 3 is 2.62 bits per heavy atom. The highest BCUT2D eigenvalue weighted by molar-refractivity contribution is 6.17. The third-order valence-electron chi connectivity index (χ3n) is 2.00. The van der Waals surface area contributed by atoms with Crippen molar-refractivity contribution in [1.82, 2.24) is 5.32 Å². The van der Waals surface area contributed by atoms with E-state index >= 15 is 0 Å². The minimum absolute atomic E-state index is 0.299. The topological polar surface area (TPSA) is 75.6 Å². The van der Waals surface area contributed by atoms with Crippen LogP contribution in [0.2, 0.25) is 0 Å². The first kappa shape index (κ1) is 12.7. The van der Waals surface area contributed by atoms with Crippen LogP contribution in [0.15, 0.2) is 11.6 Å². The average Bonchev–Trinajstić information content (AvgIpc) is 2.26. The number of ether oxygens (including phenoxy) is 1. The molecule has 0 amide bonds. The fraction of sp³-hybridized carbons (Fsp3) is 0.556. The number of morpholine rings is 1. The van der Waals surface area contributed by atoms with Crippen LogP contribution < -0.4 is 5.32 Å². The molecule has 1 atom stereocenters. The van der Waals surface area contributed by atoms with Crippen LogP contribution in [-0.2, 0) is 14.3 Å². The Morgan fingerprint density at radius 2 is 2.19 bits per heavy atom. The zero-order valence-corrected chi connectivity index (χ0v) is 8.28. The summed E-state index contributed by atoms with van der Waals surface area (Å²) < 4.78 is 29.3. The molecular weight excluding hydrogens is 224 g/mol. The number of carbonyl (C=O) groups is 2. The molecule has 1 aliphatic rings. The second kappa shape index (κ2) is 5.66. The van der Waals surface area contributed by atoms with E-state index in [-0.39, 0.29) is 0 Å². The molecule has 0 aliphatic carbocycles. The Bertz CT molecular complexity index is 311. The van der Waals surface area contributed by atoms with Gasteiger partial charge in [0.05, 0.1) is 12.7 Å². The van der Waals surface area contributed by atoms with E-state index in [1.165, 1.54) is 0 Å². The van der Waals surface area contributed by atoms with Gasteiger partial charge in [0, 0.05) is 13.1 Å². The fourth-order valence-corrected chi connectivity index (χ4v) is 1.26. The van der Waals surface area contributed by atoms with Gasteiger partial charge in [0.2, 0.25) is 5.78 Å².